The number of primary amides is 1. The van der Waals surface area contributed by atoms with Gasteiger partial charge in [0.15, 0.2) is 0 Å². The first-order valence-electron chi connectivity index (χ1n) is 6.27. The molecule has 1 saturated heterocycles. The van der Waals surface area contributed by atoms with Crippen LogP contribution >= 0.6 is 0 Å². The lowest BCUT2D eigenvalue weighted by molar-refractivity contribution is 0.0899. The molecule has 1 heterocycles. The first-order valence-corrected chi connectivity index (χ1v) is 6.27. The number of rotatable bonds is 3. The number of benzene rings is 1. The van der Waals surface area contributed by atoms with Gasteiger partial charge in [-0.25, -0.2) is 4.79 Å². The molecule has 0 bridgehead atoms. The molecule has 1 amide bonds. The highest BCUT2D eigenvalue weighted by Crippen LogP contribution is 2.31. The number of ether oxygens (including phenoxy) is 1. The summed E-state index contributed by atoms with van der Waals surface area (Å²) < 4.78 is 5.07. The molecule has 1 fully saturated rings. The number of hydrogen-bond acceptors (Lipinski definition) is 3. The van der Waals surface area contributed by atoms with Crippen LogP contribution < -0.4 is 5.73 Å². The fourth-order valence-corrected chi connectivity index (χ4v) is 2.52. The van der Waals surface area contributed by atoms with E-state index in [0.29, 0.717) is 0 Å². The molecular weight excluding hydrogens is 228 g/mol. The van der Waals surface area contributed by atoms with E-state index < -0.39 is 6.09 Å². The lowest BCUT2D eigenvalue weighted by atomic mass is 9.93. The Bertz CT molecular complexity index is 417. The number of carbonyl (C=O) groups excluding carboxylic acids is 1. The SMILES string of the molecule is CC(C)(c1ccccc1)N1CC[C@H](OC(N)=O)C1. The van der Waals surface area contributed by atoms with Gasteiger partial charge in [0.2, 0.25) is 0 Å². The third-order valence-electron chi connectivity index (χ3n) is 3.70. The van der Waals surface area contributed by atoms with Gasteiger partial charge in [-0.15, -0.1) is 0 Å². The quantitative estimate of drug-likeness (QED) is 0.891. The van der Waals surface area contributed by atoms with Crippen LogP contribution in [0.4, 0.5) is 4.79 Å². The maximum absolute atomic E-state index is 10.8. The summed E-state index contributed by atoms with van der Waals surface area (Å²) in [5.41, 5.74) is 6.27. The van der Waals surface area contributed by atoms with Gasteiger partial charge in [0.1, 0.15) is 6.10 Å². The monoisotopic (exact) mass is 248 g/mol. The molecule has 0 aliphatic carbocycles. The number of carbonyl (C=O) groups is 1. The second-order valence-electron chi connectivity index (χ2n) is 5.22. The van der Waals surface area contributed by atoms with Crippen LogP contribution in [0.1, 0.15) is 25.8 Å². The zero-order valence-corrected chi connectivity index (χ0v) is 10.9. The average molecular weight is 248 g/mol. The number of nitrogens with two attached hydrogens (primary N) is 1. The maximum atomic E-state index is 10.8. The van der Waals surface area contributed by atoms with E-state index in [2.05, 4.69) is 30.9 Å². The maximum Gasteiger partial charge on any atom is 0.404 e. The smallest absolute Gasteiger partial charge is 0.404 e. The Balaban J connectivity index is 2.06. The summed E-state index contributed by atoms with van der Waals surface area (Å²) in [6.45, 7) is 6.04. The highest BCUT2D eigenvalue weighted by atomic mass is 16.6. The summed E-state index contributed by atoms with van der Waals surface area (Å²) in [4.78, 5) is 13.1. The van der Waals surface area contributed by atoms with Crippen molar-refractivity contribution in [3.63, 3.8) is 0 Å². The molecule has 98 valence electrons. The van der Waals surface area contributed by atoms with Crippen molar-refractivity contribution in [1.82, 2.24) is 4.90 Å². The van der Waals surface area contributed by atoms with Gasteiger partial charge in [0.05, 0.1) is 0 Å². The Labute approximate surface area is 108 Å². The molecule has 1 aliphatic rings. The van der Waals surface area contributed by atoms with E-state index >= 15 is 0 Å². The van der Waals surface area contributed by atoms with Crippen LogP contribution in [0.2, 0.25) is 0 Å². The molecule has 0 radical (unpaired) electrons. The van der Waals surface area contributed by atoms with Gasteiger partial charge in [-0.2, -0.15) is 0 Å². The molecule has 4 heteroatoms. The normalized spacial score (nSPS) is 20.9. The summed E-state index contributed by atoms with van der Waals surface area (Å²) >= 11 is 0. The Morgan fingerprint density at radius 3 is 2.67 bits per heavy atom. The molecule has 0 unspecified atom stereocenters. The molecule has 4 nitrogen and oxygen atoms in total. The second kappa shape index (κ2) is 4.98. The van der Waals surface area contributed by atoms with Crippen molar-refractivity contribution >= 4 is 6.09 Å². The van der Waals surface area contributed by atoms with Gasteiger partial charge in [-0.3, -0.25) is 4.90 Å². The summed E-state index contributed by atoms with van der Waals surface area (Å²) in [6.07, 6.45) is 0.0870. The molecule has 1 atom stereocenters. The van der Waals surface area contributed by atoms with Gasteiger partial charge in [0, 0.05) is 18.6 Å². The van der Waals surface area contributed by atoms with E-state index in [4.69, 9.17) is 10.5 Å². The summed E-state index contributed by atoms with van der Waals surface area (Å²) in [5, 5.41) is 0. The Morgan fingerprint density at radius 2 is 2.06 bits per heavy atom. The molecule has 18 heavy (non-hydrogen) atoms. The summed E-state index contributed by atoms with van der Waals surface area (Å²) in [7, 11) is 0. The van der Waals surface area contributed by atoms with Crippen molar-refractivity contribution in [1.29, 1.82) is 0 Å². The zero-order valence-electron chi connectivity index (χ0n) is 10.9. The summed E-state index contributed by atoms with van der Waals surface area (Å²) in [6, 6.07) is 10.4. The minimum Gasteiger partial charge on any atom is -0.445 e. The number of hydrogen-bond donors (Lipinski definition) is 1. The fourth-order valence-electron chi connectivity index (χ4n) is 2.52. The number of nitrogens with zero attached hydrogens (tertiary/aromatic N) is 1. The molecule has 2 N–H and O–H groups in total. The van der Waals surface area contributed by atoms with Crippen molar-refractivity contribution in [3.8, 4) is 0 Å². The van der Waals surface area contributed by atoms with Crippen LogP contribution in [-0.2, 0) is 10.3 Å². The largest absolute Gasteiger partial charge is 0.445 e. The Hall–Kier alpha value is -1.55. The third kappa shape index (κ3) is 2.64. The predicted octanol–water partition coefficient (Wildman–Crippen LogP) is 2.09. The standard InChI is InChI=1S/C14H20N2O2/c1-14(2,11-6-4-3-5-7-11)16-9-8-12(10-16)18-13(15)17/h3-7,12H,8-10H2,1-2H3,(H2,15,17)/t12-/m0/s1. The first kappa shape index (κ1) is 12.9. The van der Waals surface area contributed by atoms with Crippen LogP contribution in [0.15, 0.2) is 30.3 Å². The highest BCUT2D eigenvalue weighted by Gasteiger charge is 2.35. The molecule has 0 spiro atoms. The molecule has 1 aliphatic heterocycles. The topological polar surface area (TPSA) is 55.6 Å². The molecule has 1 aromatic carbocycles. The van der Waals surface area contributed by atoms with Crippen LogP contribution in [-0.4, -0.2) is 30.2 Å². The van der Waals surface area contributed by atoms with Crippen molar-refractivity contribution in [2.45, 2.75) is 31.9 Å². The number of amides is 1. The lowest BCUT2D eigenvalue weighted by Gasteiger charge is -2.36. The molecule has 1 aromatic rings. The van der Waals surface area contributed by atoms with Gasteiger partial charge in [-0.05, 0) is 25.8 Å². The Morgan fingerprint density at radius 1 is 1.39 bits per heavy atom. The number of likely N-dealkylation sites (tertiary alicyclic amines) is 1. The Kier molecular flexibility index (Phi) is 3.57. The predicted molar refractivity (Wildman–Crippen MR) is 70.1 cm³/mol. The fraction of sp³-hybridized carbons (Fsp3) is 0.500. The van der Waals surface area contributed by atoms with Gasteiger partial charge in [0.25, 0.3) is 0 Å². The minimum atomic E-state index is -0.681. The van der Waals surface area contributed by atoms with Gasteiger partial charge in [-0.1, -0.05) is 30.3 Å². The van der Waals surface area contributed by atoms with Gasteiger partial charge >= 0.3 is 6.09 Å². The van der Waals surface area contributed by atoms with Crippen molar-refractivity contribution in [3.05, 3.63) is 35.9 Å². The van der Waals surface area contributed by atoms with Crippen LogP contribution in [0.25, 0.3) is 0 Å². The first-order chi connectivity index (χ1) is 8.50. The van der Waals surface area contributed by atoms with E-state index in [9.17, 15) is 4.79 Å². The molecule has 0 aromatic heterocycles. The van der Waals surface area contributed by atoms with Crippen LogP contribution in [0.5, 0.6) is 0 Å². The average Bonchev–Trinajstić information content (AvgIpc) is 2.78. The molecule has 0 saturated carbocycles. The highest BCUT2D eigenvalue weighted by molar-refractivity contribution is 5.64. The van der Waals surface area contributed by atoms with Crippen molar-refractivity contribution in [2.24, 2.45) is 5.73 Å². The molecule has 2 rings (SSSR count). The zero-order chi connectivity index (χ0) is 13.2. The van der Waals surface area contributed by atoms with E-state index in [1.807, 2.05) is 18.2 Å². The van der Waals surface area contributed by atoms with E-state index in [0.717, 1.165) is 19.5 Å². The minimum absolute atomic E-state index is 0.0585. The van der Waals surface area contributed by atoms with Crippen molar-refractivity contribution < 1.29 is 9.53 Å². The van der Waals surface area contributed by atoms with E-state index in [1.54, 1.807) is 0 Å². The lowest BCUT2D eigenvalue weighted by Crippen LogP contribution is -2.40. The third-order valence-corrected chi connectivity index (χ3v) is 3.70. The second-order valence-corrected chi connectivity index (χ2v) is 5.22. The summed E-state index contributed by atoms with van der Waals surface area (Å²) in [5.74, 6) is 0. The molecular formula is C14H20N2O2. The van der Waals surface area contributed by atoms with E-state index in [-0.39, 0.29) is 11.6 Å². The van der Waals surface area contributed by atoms with Crippen molar-refractivity contribution in [2.75, 3.05) is 13.1 Å². The van der Waals surface area contributed by atoms with E-state index in [1.165, 1.54) is 5.56 Å². The van der Waals surface area contributed by atoms with Gasteiger partial charge < -0.3 is 10.5 Å². The van der Waals surface area contributed by atoms with Crippen LogP contribution in [0, 0.1) is 0 Å². The van der Waals surface area contributed by atoms with Crippen LogP contribution in [0.3, 0.4) is 0 Å².